The highest BCUT2D eigenvalue weighted by Crippen LogP contribution is 2.13. The Morgan fingerprint density at radius 3 is 2.00 bits per heavy atom. The van der Waals surface area contributed by atoms with Gasteiger partial charge in [0, 0.05) is 44.3 Å². The molecule has 1 saturated heterocycles. The molecule has 1 heterocycles. The molecule has 1 fully saturated rings. The Hall–Kier alpha value is -2.70. The van der Waals surface area contributed by atoms with E-state index in [1.54, 1.807) is 0 Å². The van der Waals surface area contributed by atoms with Crippen molar-refractivity contribution in [2.75, 3.05) is 45.9 Å². The van der Waals surface area contributed by atoms with E-state index in [0.717, 1.165) is 49.9 Å². The van der Waals surface area contributed by atoms with Crippen molar-refractivity contribution in [1.82, 2.24) is 15.1 Å². The molecule has 0 bridgehead atoms. The minimum Gasteiger partial charge on any atom is -0.370 e. The molecule has 6 heteroatoms. The molecule has 35 heavy (non-hydrogen) atoms. The second-order valence-electron chi connectivity index (χ2n) is 8.65. The highest BCUT2D eigenvalue weighted by molar-refractivity contribution is 6.30. The molecule has 0 aromatic heterocycles. The van der Waals surface area contributed by atoms with Crippen molar-refractivity contribution in [2.24, 2.45) is 0 Å². The molecule has 4 rings (SSSR count). The van der Waals surface area contributed by atoms with Crippen LogP contribution in [-0.2, 0) is 16.1 Å². The SMILES string of the molecule is CC(NC(=O)COCCN1CCN(Cc2ccc(Cl)cc2)CC1)c1ccccc1.c1ccccc1. The molecule has 0 aliphatic carbocycles. The third kappa shape index (κ3) is 10.6. The van der Waals surface area contributed by atoms with Gasteiger partial charge in [-0.15, -0.1) is 0 Å². The molecular formula is C29H36ClN3O2. The van der Waals surface area contributed by atoms with Gasteiger partial charge in [-0.2, -0.15) is 0 Å². The summed E-state index contributed by atoms with van der Waals surface area (Å²) in [5, 5.41) is 3.75. The minimum absolute atomic E-state index is 0.0129. The lowest BCUT2D eigenvalue weighted by Crippen LogP contribution is -2.46. The molecule has 1 aliphatic heterocycles. The molecule has 3 aromatic rings. The second-order valence-corrected chi connectivity index (χ2v) is 9.09. The number of hydrogen-bond donors (Lipinski definition) is 1. The lowest BCUT2D eigenvalue weighted by atomic mass is 10.1. The van der Waals surface area contributed by atoms with E-state index in [2.05, 4.69) is 27.2 Å². The van der Waals surface area contributed by atoms with Crippen molar-refractivity contribution in [2.45, 2.75) is 19.5 Å². The molecule has 0 saturated carbocycles. The zero-order valence-corrected chi connectivity index (χ0v) is 21.2. The third-order valence-corrected chi connectivity index (χ3v) is 6.17. The second kappa shape index (κ2) is 15.3. The number of halogens is 1. The fourth-order valence-electron chi connectivity index (χ4n) is 3.87. The summed E-state index contributed by atoms with van der Waals surface area (Å²) >= 11 is 5.95. The van der Waals surface area contributed by atoms with Crippen LogP contribution < -0.4 is 5.32 Å². The fourth-order valence-corrected chi connectivity index (χ4v) is 4.00. The fraction of sp³-hybridized carbons (Fsp3) is 0.345. The van der Waals surface area contributed by atoms with Crippen molar-refractivity contribution < 1.29 is 9.53 Å². The Balaban J connectivity index is 0.000000497. The van der Waals surface area contributed by atoms with Gasteiger partial charge in [0.15, 0.2) is 0 Å². The summed E-state index contributed by atoms with van der Waals surface area (Å²) in [7, 11) is 0. The van der Waals surface area contributed by atoms with Gasteiger partial charge < -0.3 is 10.1 Å². The van der Waals surface area contributed by atoms with Crippen LogP contribution in [0.25, 0.3) is 0 Å². The minimum atomic E-state index is -0.0749. The van der Waals surface area contributed by atoms with Gasteiger partial charge in [-0.25, -0.2) is 0 Å². The average Bonchev–Trinajstić information content (AvgIpc) is 2.91. The molecule has 1 atom stereocenters. The number of rotatable bonds is 9. The summed E-state index contributed by atoms with van der Waals surface area (Å²) in [6.07, 6.45) is 0. The summed E-state index contributed by atoms with van der Waals surface area (Å²) in [6.45, 7) is 8.60. The maximum atomic E-state index is 12.1. The molecule has 1 aliphatic rings. The normalized spacial score (nSPS) is 15.0. The number of piperazine rings is 1. The maximum absolute atomic E-state index is 12.1. The summed E-state index contributed by atoms with van der Waals surface area (Å²) < 4.78 is 5.59. The van der Waals surface area contributed by atoms with Crippen molar-refractivity contribution in [3.8, 4) is 0 Å². The number of nitrogens with zero attached hydrogens (tertiary/aromatic N) is 2. The van der Waals surface area contributed by atoms with E-state index >= 15 is 0 Å². The predicted molar refractivity (Wildman–Crippen MR) is 143 cm³/mol. The summed E-state index contributed by atoms with van der Waals surface area (Å²) in [5.41, 5.74) is 2.39. The predicted octanol–water partition coefficient (Wildman–Crippen LogP) is 5.04. The monoisotopic (exact) mass is 493 g/mol. The summed E-state index contributed by atoms with van der Waals surface area (Å²) in [6, 6.07) is 30.0. The standard InChI is InChI=1S/C23H30ClN3O2.C6H6/c1-19(21-5-3-2-4-6-21)25-23(28)18-29-16-15-26-11-13-27(14-12-26)17-20-7-9-22(24)10-8-20;1-2-4-6-5-3-1/h2-10,19H,11-18H2,1H3,(H,25,28);1-6H. The van der Waals surface area contributed by atoms with Gasteiger partial charge in [0.05, 0.1) is 12.6 Å². The first-order valence-electron chi connectivity index (χ1n) is 12.2. The van der Waals surface area contributed by atoms with Crippen LogP contribution in [0.5, 0.6) is 0 Å². The number of amides is 1. The maximum Gasteiger partial charge on any atom is 0.246 e. The van der Waals surface area contributed by atoms with Crippen LogP contribution in [-0.4, -0.2) is 61.6 Å². The lowest BCUT2D eigenvalue weighted by molar-refractivity contribution is -0.126. The van der Waals surface area contributed by atoms with E-state index in [0.29, 0.717) is 6.61 Å². The van der Waals surface area contributed by atoms with Gasteiger partial charge in [0.25, 0.3) is 0 Å². The van der Waals surface area contributed by atoms with Gasteiger partial charge in [-0.1, -0.05) is 90.5 Å². The van der Waals surface area contributed by atoms with Gasteiger partial charge in [0.1, 0.15) is 6.61 Å². The van der Waals surface area contributed by atoms with E-state index < -0.39 is 0 Å². The number of carbonyl (C=O) groups excluding carboxylic acids is 1. The van der Waals surface area contributed by atoms with Gasteiger partial charge in [-0.05, 0) is 30.2 Å². The van der Waals surface area contributed by atoms with E-state index in [-0.39, 0.29) is 18.6 Å². The zero-order valence-electron chi connectivity index (χ0n) is 20.5. The first-order chi connectivity index (χ1) is 17.1. The van der Waals surface area contributed by atoms with Crippen molar-refractivity contribution in [3.63, 3.8) is 0 Å². The molecule has 0 spiro atoms. The van der Waals surface area contributed by atoms with Crippen LogP contribution >= 0.6 is 11.6 Å². The molecular weight excluding hydrogens is 458 g/mol. The number of ether oxygens (including phenoxy) is 1. The molecule has 1 amide bonds. The Morgan fingerprint density at radius 1 is 0.857 bits per heavy atom. The van der Waals surface area contributed by atoms with Crippen LogP contribution in [0.2, 0.25) is 5.02 Å². The van der Waals surface area contributed by atoms with Crippen molar-refractivity contribution >= 4 is 17.5 Å². The largest absolute Gasteiger partial charge is 0.370 e. The quantitative estimate of drug-likeness (QED) is 0.424. The molecule has 0 radical (unpaired) electrons. The molecule has 3 aromatic carbocycles. The Kier molecular flexibility index (Phi) is 11.8. The summed E-state index contributed by atoms with van der Waals surface area (Å²) in [5.74, 6) is -0.0749. The number of hydrogen-bond acceptors (Lipinski definition) is 4. The zero-order chi connectivity index (χ0) is 24.7. The van der Waals surface area contributed by atoms with E-state index in [1.807, 2.05) is 85.8 Å². The number of nitrogens with one attached hydrogen (secondary N) is 1. The highest BCUT2D eigenvalue weighted by Gasteiger charge is 2.17. The van der Waals surface area contributed by atoms with Crippen LogP contribution in [0.1, 0.15) is 24.1 Å². The number of benzene rings is 3. The summed E-state index contributed by atoms with van der Waals surface area (Å²) in [4.78, 5) is 16.9. The van der Waals surface area contributed by atoms with Gasteiger partial charge >= 0.3 is 0 Å². The number of carbonyl (C=O) groups is 1. The van der Waals surface area contributed by atoms with Crippen LogP contribution in [0, 0.1) is 0 Å². The lowest BCUT2D eigenvalue weighted by Gasteiger charge is -2.34. The third-order valence-electron chi connectivity index (χ3n) is 5.91. The molecule has 186 valence electrons. The van der Waals surface area contributed by atoms with Crippen molar-refractivity contribution in [1.29, 1.82) is 0 Å². The molecule has 5 nitrogen and oxygen atoms in total. The highest BCUT2D eigenvalue weighted by atomic mass is 35.5. The van der Waals surface area contributed by atoms with Crippen molar-refractivity contribution in [3.05, 3.63) is 107 Å². The molecule has 1 N–H and O–H groups in total. The Bertz CT molecular complexity index is 936. The van der Waals surface area contributed by atoms with E-state index in [4.69, 9.17) is 16.3 Å². The van der Waals surface area contributed by atoms with Crippen LogP contribution in [0.4, 0.5) is 0 Å². The Labute approximate surface area is 214 Å². The Morgan fingerprint density at radius 2 is 1.40 bits per heavy atom. The smallest absolute Gasteiger partial charge is 0.246 e. The average molecular weight is 494 g/mol. The first kappa shape index (κ1) is 26.9. The van der Waals surface area contributed by atoms with E-state index in [1.165, 1.54) is 5.56 Å². The van der Waals surface area contributed by atoms with Gasteiger partial charge in [-0.3, -0.25) is 14.6 Å². The molecule has 1 unspecified atom stereocenters. The van der Waals surface area contributed by atoms with Crippen LogP contribution in [0.15, 0.2) is 91.0 Å². The van der Waals surface area contributed by atoms with Gasteiger partial charge in [0.2, 0.25) is 5.91 Å². The van der Waals surface area contributed by atoms with E-state index in [9.17, 15) is 4.79 Å². The topological polar surface area (TPSA) is 44.8 Å². The first-order valence-corrected chi connectivity index (χ1v) is 12.6. The van der Waals surface area contributed by atoms with Crippen LogP contribution in [0.3, 0.4) is 0 Å².